The molecule has 9 heteroatoms. The van der Waals surface area contributed by atoms with E-state index in [9.17, 15) is 14.0 Å². The Morgan fingerprint density at radius 2 is 1.89 bits per heavy atom. The number of unbranched alkanes of at least 4 members (excludes halogenated alkanes) is 3. The van der Waals surface area contributed by atoms with Gasteiger partial charge >= 0.3 is 6.09 Å². The first-order valence-electron chi connectivity index (χ1n) is 16.5. The number of nitrogens with zero attached hydrogens (tertiary/aromatic N) is 5. The molecule has 3 aromatic heterocycles. The maximum Gasteiger partial charge on any atom is 0.410 e. The highest BCUT2D eigenvalue weighted by Crippen LogP contribution is 2.31. The van der Waals surface area contributed by atoms with Gasteiger partial charge in [0, 0.05) is 69.8 Å². The van der Waals surface area contributed by atoms with Gasteiger partial charge in [0.2, 0.25) is 0 Å². The van der Waals surface area contributed by atoms with Crippen molar-refractivity contribution in [1.29, 1.82) is 0 Å². The molecular weight excluding hydrogens is 569 g/mol. The van der Waals surface area contributed by atoms with Gasteiger partial charge in [-0.3, -0.25) is 14.7 Å². The van der Waals surface area contributed by atoms with Gasteiger partial charge in [-0.1, -0.05) is 39.7 Å². The topological polar surface area (TPSA) is 80.0 Å². The number of hydrogen-bond donors (Lipinski definition) is 0. The highest BCUT2D eigenvalue weighted by atomic mass is 19.1. The van der Waals surface area contributed by atoms with E-state index in [4.69, 9.17) is 9.72 Å². The molecule has 246 valence electrons. The fourth-order valence-corrected chi connectivity index (χ4v) is 6.23. The molecule has 1 fully saturated rings. The SMILES string of the molecule is C=C(Cc1nccc(N2CCN(C(=O)OCCCCC)C(C)(C)C2)c1CCC)C(=O)CCCCc1cn2cc(C)nc2cc1F.[HH]. The minimum Gasteiger partial charge on any atom is -0.449 e. The number of pyridine rings is 2. The lowest BCUT2D eigenvalue weighted by Crippen LogP contribution is -2.61. The number of amides is 1. The summed E-state index contributed by atoms with van der Waals surface area (Å²) in [4.78, 5) is 39.2. The van der Waals surface area contributed by atoms with Crippen LogP contribution in [-0.4, -0.2) is 62.9 Å². The third-order valence-corrected chi connectivity index (χ3v) is 8.67. The van der Waals surface area contributed by atoms with E-state index in [2.05, 4.69) is 50.2 Å². The quantitative estimate of drug-likeness (QED) is 0.128. The van der Waals surface area contributed by atoms with Crippen molar-refractivity contribution in [3.05, 3.63) is 71.2 Å². The normalized spacial score (nSPS) is 14.6. The summed E-state index contributed by atoms with van der Waals surface area (Å²) in [5.74, 6) is -0.233. The number of fused-ring (bicyclic) bond motifs is 1. The number of ether oxygens (including phenoxy) is 1. The molecule has 0 aliphatic carbocycles. The summed E-state index contributed by atoms with van der Waals surface area (Å²) >= 11 is 0. The summed E-state index contributed by atoms with van der Waals surface area (Å²) in [5, 5.41) is 0. The third-order valence-electron chi connectivity index (χ3n) is 8.67. The summed E-state index contributed by atoms with van der Waals surface area (Å²) in [6.45, 7) is 16.9. The Labute approximate surface area is 269 Å². The molecule has 0 radical (unpaired) electrons. The van der Waals surface area contributed by atoms with Crippen molar-refractivity contribution in [2.24, 2.45) is 0 Å². The zero-order valence-corrected chi connectivity index (χ0v) is 27.8. The fourth-order valence-electron chi connectivity index (χ4n) is 6.23. The van der Waals surface area contributed by atoms with E-state index in [0.717, 1.165) is 54.7 Å². The molecular formula is C36H52FN5O3. The highest BCUT2D eigenvalue weighted by molar-refractivity contribution is 5.95. The first-order valence-corrected chi connectivity index (χ1v) is 16.5. The molecule has 0 N–H and O–H groups in total. The van der Waals surface area contributed by atoms with Crippen LogP contribution >= 0.6 is 0 Å². The van der Waals surface area contributed by atoms with Crippen molar-refractivity contribution in [2.45, 2.75) is 104 Å². The van der Waals surface area contributed by atoms with Gasteiger partial charge in [-0.15, -0.1) is 0 Å². The molecule has 1 saturated heterocycles. The number of allylic oxidation sites excluding steroid dienone is 1. The van der Waals surface area contributed by atoms with Crippen LogP contribution in [0.25, 0.3) is 5.65 Å². The van der Waals surface area contributed by atoms with E-state index in [1.165, 1.54) is 6.07 Å². The molecule has 0 spiro atoms. The first kappa shape index (κ1) is 34.1. The lowest BCUT2D eigenvalue weighted by molar-refractivity contribution is -0.115. The number of rotatable bonds is 15. The van der Waals surface area contributed by atoms with Crippen LogP contribution in [0.15, 0.2) is 42.9 Å². The van der Waals surface area contributed by atoms with Crippen LogP contribution in [0.1, 0.15) is 96.6 Å². The Morgan fingerprint density at radius 3 is 2.62 bits per heavy atom. The number of aromatic nitrogens is 3. The van der Waals surface area contributed by atoms with Crippen LogP contribution in [0.4, 0.5) is 14.9 Å². The average molecular weight is 622 g/mol. The van der Waals surface area contributed by atoms with Gasteiger partial charge < -0.3 is 14.0 Å². The lowest BCUT2D eigenvalue weighted by Gasteiger charge is -2.47. The van der Waals surface area contributed by atoms with Crippen molar-refractivity contribution in [3.63, 3.8) is 0 Å². The number of ketones is 1. The Balaban J connectivity index is 0.00000576. The summed E-state index contributed by atoms with van der Waals surface area (Å²) in [6.07, 6.45) is 12.8. The molecule has 0 unspecified atom stereocenters. The van der Waals surface area contributed by atoms with Crippen LogP contribution in [0, 0.1) is 12.7 Å². The number of imidazole rings is 1. The second-order valence-corrected chi connectivity index (χ2v) is 12.9. The second kappa shape index (κ2) is 15.5. The molecule has 0 aromatic carbocycles. The van der Waals surface area contributed by atoms with Crippen molar-refractivity contribution < 1.29 is 20.1 Å². The zero-order chi connectivity index (χ0) is 32.6. The molecule has 4 rings (SSSR count). The molecule has 8 nitrogen and oxygen atoms in total. The number of halogens is 1. The van der Waals surface area contributed by atoms with Gasteiger partial charge in [0.05, 0.1) is 23.5 Å². The van der Waals surface area contributed by atoms with E-state index in [1.54, 1.807) is 6.20 Å². The first-order chi connectivity index (χ1) is 21.5. The average Bonchev–Trinajstić information content (AvgIpc) is 3.36. The Morgan fingerprint density at radius 1 is 1.09 bits per heavy atom. The molecule has 1 amide bonds. The smallest absolute Gasteiger partial charge is 0.410 e. The molecule has 45 heavy (non-hydrogen) atoms. The maximum absolute atomic E-state index is 14.6. The van der Waals surface area contributed by atoms with Crippen LogP contribution in [0.5, 0.6) is 0 Å². The monoisotopic (exact) mass is 621 g/mol. The van der Waals surface area contributed by atoms with Crippen molar-refractivity contribution in [2.75, 3.05) is 31.1 Å². The number of Topliss-reactive ketones (excluding diaryl/α,β-unsaturated/α-hetero) is 1. The number of aryl methyl sites for hydroxylation is 2. The molecule has 0 atom stereocenters. The number of carbonyl (C=O) groups excluding carboxylic acids is 2. The van der Waals surface area contributed by atoms with Crippen molar-refractivity contribution >= 4 is 23.2 Å². The Bertz CT molecular complexity index is 1500. The largest absolute Gasteiger partial charge is 0.449 e. The maximum atomic E-state index is 14.6. The van der Waals surface area contributed by atoms with E-state index in [-0.39, 0.29) is 19.1 Å². The van der Waals surface area contributed by atoms with E-state index in [1.807, 2.05) is 28.6 Å². The molecule has 1 aliphatic rings. The van der Waals surface area contributed by atoms with Crippen LogP contribution in [0.3, 0.4) is 0 Å². The Hall–Kier alpha value is -3.75. The van der Waals surface area contributed by atoms with Crippen LogP contribution in [-0.2, 0) is 28.8 Å². The molecule has 1 aliphatic heterocycles. The van der Waals surface area contributed by atoms with Crippen molar-refractivity contribution in [1.82, 2.24) is 19.3 Å². The predicted molar refractivity (Wildman–Crippen MR) is 180 cm³/mol. The summed E-state index contributed by atoms with van der Waals surface area (Å²) in [6, 6.07) is 3.52. The van der Waals surface area contributed by atoms with Gasteiger partial charge in [-0.25, -0.2) is 14.2 Å². The van der Waals surface area contributed by atoms with Gasteiger partial charge in [0.25, 0.3) is 0 Å². The molecule has 0 saturated carbocycles. The number of carbonyl (C=O) groups is 2. The summed E-state index contributed by atoms with van der Waals surface area (Å²) < 4.78 is 22.0. The number of anilines is 1. The highest BCUT2D eigenvalue weighted by Gasteiger charge is 2.38. The Kier molecular flexibility index (Phi) is 11.8. The minimum absolute atomic E-state index is 0. The van der Waals surface area contributed by atoms with E-state index >= 15 is 0 Å². The number of piperazine rings is 1. The van der Waals surface area contributed by atoms with Gasteiger partial charge in [0.1, 0.15) is 11.5 Å². The van der Waals surface area contributed by atoms with Crippen molar-refractivity contribution in [3.8, 4) is 0 Å². The standard InChI is InChI=1S/C36H50FN5O3.H2/c1-7-9-12-20-45-35(44)42-19-18-40(25-36(42,5)6)32-16-17-38-31(29(32)13-8-2)21-26(3)33(43)15-11-10-14-28-24-41-23-27(4)39-34(41)22-30(28)37;/h16-17,22-24H,3,7-15,18-21,25H2,1-2,4-6H3;1H. The van der Waals surface area contributed by atoms with E-state index < -0.39 is 5.54 Å². The van der Waals surface area contributed by atoms with E-state index in [0.29, 0.717) is 75.1 Å². The molecule has 0 bridgehead atoms. The lowest BCUT2D eigenvalue weighted by atomic mass is 9.94. The van der Waals surface area contributed by atoms with Gasteiger partial charge in [0.15, 0.2) is 5.78 Å². The molecule has 4 heterocycles. The number of hydrogen-bond acceptors (Lipinski definition) is 6. The third kappa shape index (κ3) is 8.70. The van der Waals surface area contributed by atoms with Crippen LogP contribution in [0.2, 0.25) is 0 Å². The fraction of sp³-hybridized carbons (Fsp3) is 0.556. The summed E-state index contributed by atoms with van der Waals surface area (Å²) in [5.41, 5.74) is 5.36. The predicted octanol–water partition coefficient (Wildman–Crippen LogP) is 7.68. The van der Waals surface area contributed by atoms with Crippen LogP contribution < -0.4 is 4.90 Å². The van der Waals surface area contributed by atoms with Gasteiger partial charge in [-0.05, 0) is 70.1 Å². The second-order valence-electron chi connectivity index (χ2n) is 12.9. The van der Waals surface area contributed by atoms with Gasteiger partial charge in [-0.2, -0.15) is 0 Å². The zero-order valence-electron chi connectivity index (χ0n) is 27.8. The minimum atomic E-state index is -0.404. The summed E-state index contributed by atoms with van der Waals surface area (Å²) in [7, 11) is 0. The molecule has 3 aromatic rings.